The van der Waals surface area contributed by atoms with Gasteiger partial charge in [0.15, 0.2) is 6.35 Å². The van der Waals surface area contributed by atoms with Crippen molar-refractivity contribution in [3.05, 3.63) is 35.0 Å². The Balaban J connectivity index is 1.63. The summed E-state index contributed by atoms with van der Waals surface area (Å²) < 4.78 is 0. The Hall–Kier alpha value is -2.44. The van der Waals surface area contributed by atoms with Crippen molar-refractivity contribution in [3.8, 4) is 6.07 Å². The molecule has 0 aliphatic carbocycles. The number of piperazine rings is 1. The normalized spacial score (nSPS) is 20.0. The number of hydrogen-bond donors (Lipinski definition) is 2. The van der Waals surface area contributed by atoms with E-state index in [2.05, 4.69) is 21.3 Å². The molecular formula is C24H31ClN6O2. The van der Waals surface area contributed by atoms with E-state index in [1.54, 1.807) is 12.3 Å². The van der Waals surface area contributed by atoms with Gasteiger partial charge >= 0.3 is 0 Å². The summed E-state index contributed by atoms with van der Waals surface area (Å²) in [5.74, 6) is -0.0643. The number of pyridine rings is 1. The van der Waals surface area contributed by atoms with Gasteiger partial charge in [0.1, 0.15) is 0 Å². The summed E-state index contributed by atoms with van der Waals surface area (Å²) in [6.45, 7) is 8.25. The van der Waals surface area contributed by atoms with Crippen molar-refractivity contribution in [2.45, 2.75) is 33.0 Å². The van der Waals surface area contributed by atoms with Crippen molar-refractivity contribution in [2.24, 2.45) is 5.41 Å². The van der Waals surface area contributed by atoms with Gasteiger partial charge in [0, 0.05) is 55.9 Å². The average Bonchev–Trinajstić information content (AvgIpc) is 2.84. The Labute approximate surface area is 199 Å². The molecule has 1 aromatic carbocycles. The number of anilines is 1. The summed E-state index contributed by atoms with van der Waals surface area (Å²) in [6.07, 6.45) is 2.45. The molecule has 176 valence electrons. The molecule has 2 aliphatic heterocycles. The van der Waals surface area contributed by atoms with E-state index in [-0.39, 0.29) is 11.3 Å². The number of carbonyl (C=O) groups is 1. The SMILES string of the molecule is CCNC(O)N1CCN(C(=O)c2cnc3ccc(Cl)cc3c2N2CCC(C)(C#N)CC2)CC1. The third kappa shape index (κ3) is 4.92. The van der Waals surface area contributed by atoms with Crippen LogP contribution in [0, 0.1) is 16.7 Å². The van der Waals surface area contributed by atoms with Gasteiger partial charge in [-0.1, -0.05) is 18.5 Å². The van der Waals surface area contributed by atoms with Gasteiger partial charge in [-0.2, -0.15) is 5.26 Å². The van der Waals surface area contributed by atoms with Gasteiger partial charge in [-0.3, -0.25) is 20.0 Å². The first kappa shape index (κ1) is 23.7. The van der Waals surface area contributed by atoms with Crippen LogP contribution in [0.2, 0.25) is 5.02 Å². The lowest BCUT2D eigenvalue weighted by Crippen LogP contribution is -2.55. The fraction of sp³-hybridized carbons (Fsp3) is 0.542. The van der Waals surface area contributed by atoms with E-state index in [1.165, 1.54) is 0 Å². The molecule has 2 fully saturated rings. The van der Waals surface area contributed by atoms with Crippen molar-refractivity contribution in [3.63, 3.8) is 0 Å². The minimum absolute atomic E-state index is 0.0643. The molecule has 2 aliphatic rings. The highest BCUT2D eigenvalue weighted by atomic mass is 35.5. The number of aromatic nitrogens is 1. The second kappa shape index (κ2) is 9.82. The molecular weight excluding hydrogens is 440 g/mol. The summed E-state index contributed by atoms with van der Waals surface area (Å²) >= 11 is 6.33. The number of rotatable bonds is 5. The standard InChI is InChI=1S/C24H31ClN6O2/c1-3-27-23(33)31-12-10-30(11-13-31)22(32)19-15-28-20-5-4-17(25)14-18(20)21(19)29-8-6-24(2,16-26)7-9-29/h4-5,14-15,23,27,33H,3,6-13H2,1-2H3. The number of carbonyl (C=O) groups excluding carboxylic acids is 1. The molecule has 8 nitrogen and oxygen atoms in total. The molecule has 33 heavy (non-hydrogen) atoms. The number of amides is 1. The molecule has 3 heterocycles. The zero-order valence-corrected chi connectivity index (χ0v) is 20.0. The van der Waals surface area contributed by atoms with Crippen LogP contribution in [0.4, 0.5) is 5.69 Å². The first-order chi connectivity index (χ1) is 15.8. The molecule has 2 saturated heterocycles. The maximum Gasteiger partial charge on any atom is 0.257 e. The summed E-state index contributed by atoms with van der Waals surface area (Å²) in [6, 6.07) is 8.00. The number of piperidine rings is 1. The molecule has 0 spiro atoms. The van der Waals surface area contributed by atoms with Crippen molar-refractivity contribution < 1.29 is 9.90 Å². The van der Waals surface area contributed by atoms with E-state index in [9.17, 15) is 15.2 Å². The Morgan fingerprint density at radius 1 is 1.27 bits per heavy atom. The minimum atomic E-state index is -0.699. The molecule has 1 amide bonds. The van der Waals surface area contributed by atoms with E-state index in [0.717, 1.165) is 29.4 Å². The van der Waals surface area contributed by atoms with E-state index in [0.29, 0.717) is 56.4 Å². The summed E-state index contributed by atoms with van der Waals surface area (Å²) in [5, 5.41) is 24.2. The maximum atomic E-state index is 13.7. The first-order valence-corrected chi connectivity index (χ1v) is 11.9. The molecule has 0 bridgehead atoms. The van der Waals surface area contributed by atoms with Gasteiger partial charge in [0.25, 0.3) is 5.91 Å². The molecule has 9 heteroatoms. The lowest BCUT2D eigenvalue weighted by molar-refractivity contribution is -0.0417. The number of benzene rings is 1. The number of nitrogens with zero attached hydrogens (tertiary/aromatic N) is 5. The smallest absolute Gasteiger partial charge is 0.257 e. The molecule has 2 aromatic rings. The van der Waals surface area contributed by atoms with Crippen LogP contribution in [-0.2, 0) is 0 Å². The summed E-state index contributed by atoms with van der Waals surface area (Å²) in [5.41, 5.74) is 1.86. The van der Waals surface area contributed by atoms with Crippen molar-refractivity contribution >= 4 is 34.1 Å². The van der Waals surface area contributed by atoms with Crippen LogP contribution in [0.25, 0.3) is 10.9 Å². The Kier molecular flexibility index (Phi) is 7.05. The van der Waals surface area contributed by atoms with Gasteiger partial charge in [0.2, 0.25) is 0 Å². The third-order valence-corrected chi connectivity index (χ3v) is 7.05. The highest BCUT2D eigenvalue weighted by molar-refractivity contribution is 6.31. The lowest BCUT2D eigenvalue weighted by atomic mass is 9.81. The number of hydrogen-bond acceptors (Lipinski definition) is 7. The van der Waals surface area contributed by atoms with Crippen LogP contribution in [0.15, 0.2) is 24.4 Å². The zero-order chi connectivity index (χ0) is 23.6. The number of nitrogens with one attached hydrogen (secondary N) is 1. The van der Waals surface area contributed by atoms with Crippen LogP contribution in [0.3, 0.4) is 0 Å². The van der Waals surface area contributed by atoms with Crippen molar-refractivity contribution in [1.29, 1.82) is 5.26 Å². The number of aliphatic hydroxyl groups is 1. The monoisotopic (exact) mass is 470 g/mol. The second-order valence-corrected chi connectivity index (χ2v) is 9.54. The number of halogens is 1. The molecule has 0 radical (unpaired) electrons. The zero-order valence-electron chi connectivity index (χ0n) is 19.2. The highest BCUT2D eigenvalue weighted by Crippen LogP contribution is 2.38. The maximum absolute atomic E-state index is 13.7. The Morgan fingerprint density at radius 2 is 1.97 bits per heavy atom. The lowest BCUT2D eigenvalue weighted by Gasteiger charge is -2.39. The van der Waals surface area contributed by atoms with Crippen LogP contribution in [0.5, 0.6) is 0 Å². The minimum Gasteiger partial charge on any atom is -0.370 e. The quantitative estimate of drug-likeness (QED) is 0.648. The summed E-state index contributed by atoms with van der Waals surface area (Å²) in [4.78, 5) is 24.2. The predicted octanol–water partition coefficient (Wildman–Crippen LogP) is 2.66. The molecule has 1 aromatic heterocycles. The van der Waals surface area contributed by atoms with Crippen LogP contribution < -0.4 is 10.2 Å². The fourth-order valence-electron chi connectivity index (χ4n) is 4.64. The largest absolute Gasteiger partial charge is 0.370 e. The highest BCUT2D eigenvalue weighted by Gasteiger charge is 2.34. The van der Waals surface area contributed by atoms with Gasteiger partial charge in [0.05, 0.1) is 28.3 Å². The molecule has 4 rings (SSSR count). The molecule has 2 N–H and O–H groups in total. The van der Waals surface area contributed by atoms with Crippen LogP contribution in [0.1, 0.15) is 37.0 Å². The Morgan fingerprint density at radius 3 is 2.61 bits per heavy atom. The predicted molar refractivity (Wildman–Crippen MR) is 129 cm³/mol. The Bertz CT molecular complexity index is 1050. The van der Waals surface area contributed by atoms with E-state index in [1.807, 2.05) is 35.8 Å². The molecule has 0 saturated carbocycles. The summed E-state index contributed by atoms with van der Waals surface area (Å²) in [7, 11) is 0. The van der Waals surface area contributed by atoms with E-state index < -0.39 is 6.35 Å². The van der Waals surface area contributed by atoms with E-state index in [4.69, 9.17) is 11.6 Å². The van der Waals surface area contributed by atoms with Crippen molar-refractivity contribution in [2.75, 3.05) is 50.7 Å². The van der Waals surface area contributed by atoms with E-state index >= 15 is 0 Å². The fourth-order valence-corrected chi connectivity index (χ4v) is 4.81. The number of aliphatic hydroxyl groups excluding tert-OH is 1. The number of nitriles is 1. The van der Waals surface area contributed by atoms with Gasteiger partial charge in [-0.25, -0.2) is 0 Å². The van der Waals surface area contributed by atoms with Crippen molar-refractivity contribution in [1.82, 2.24) is 20.1 Å². The average molecular weight is 471 g/mol. The van der Waals surface area contributed by atoms with Crippen LogP contribution in [-0.4, -0.2) is 78.0 Å². The van der Waals surface area contributed by atoms with Gasteiger partial charge < -0.3 is 14.9 Å². The second-order valence-electron chi connectivity index (χ2n) is 9.10. The number of fused-ring (bicyclic) bond motifs is 1. The molecule has 1 atom stereocenters. The first-order valence-electron chi connectivity index (χ1n) is 11.5. The van der Waals surface area contributed by atoms with Gasteiger partial charge in [-0.05, 0) is 44.5 Å². The van der Waals surface area contributed by atoms with Gasteiger partial charge in [-0.15, -0.1) is 0 Å². The topological polar surface area (TPSA) is 95.7 Å². The van der Waals surface area contributed by atoms with Crippen LogP contribution >= 0.6 is 11.6 Å². The third-order valence-electron chi connectivity index (χ3n) is 6.82. The molecule has 1 unspecified atom stereocenters.